The minimum Gasteiger partial charge on any atom is -0.326 e. The number of amides is 1. The lowest BCUT2D eigenvalue weighted by Crippen LogP contribution is -2.27. The van der Waals surface area contributed by atoms with Gasteiger partial charge in [0.1, 0.15) is 6.33 Å². The zero-order chi connectivity index (χ0) is 14.2. The number of nitrogens with one attached hydrogen (secondary N) is 1. The molecule has 0 spiro atoms. The summed E-state index contributed by atoms with van der Waals surface area (Å²) in [6.07, 6.45) is 6.36. The zero-order valence-electron chi connectivity index (χ0n) is 11.6. The summed E-state index contributed by atoms with van der Waals surface area (Å²) in [4.78, 5) is 12.4. The number of benzene rings is 1. The summed E-state index contributed by atoms with van der Waals surface area (Å²) in [6, 6.07) is 7.59. The van der Waals surface area contributed by atoms with Crippen LogP contribution in [-0.4, -0.2) is 26.1 Å². The van der Waals surface area contributed by atoms with Crippen molar-refractivity contribution in [3.8, 4) is 5.69 Å². The molecule has 0 radical (unpaired) electrons. The number of carbonyl (C=O) groups is 1. The first-order valence-electron chi connectivity index (χ1n) is 7.44. The van der Waals surface area contributed by atoms with Gasteiger partial charge in [0.25, 0.3) is 0 Å². The van der Waals surface area contributed by atoms with Crippen molar-refractivity contribution >= 4 is 11.6 Å². The van der Waals surface area contributed by atoms with E-state index in [1.807, 2.05) is 24.3 Å². The van der Waals surface area contributed by atoms with Crippen LogP contribution in [0.2, 0.25) is 0 Å². The Kier molecular flexibility index (Phi) is 2.94. The van der Waals surface area contributed by atoms with Crippen LogP contribution < -0.4 is 5.32 Å². The number of fused-ring (bicyclic) bond motifs is 2. The minimum atomic E-state index is 0.163. The Morgan fingerprint density at radius 2 is 2.24 bits per heavy atom. The van der Waals surface area contributed by atoms with Gasteiger partial charge in [0.15, 0.2) is 0 Å². The van der Waals surface area contributed by atoms with E-state index in [9.17, 15) is 4.79 Å². The SMILES string of the molecule is O=C(Nc1cccc(-n2cnnn2)c1)C1CC2CCC1C2. The van der Waals surface area contributed by atoms with Crippen LogP contribution in [0.15, 0.2) is 30.6 Å². The predicted octanol–water partition coefficient (Wildman–Crippen LogP) is 2.04. The van der Waals surface area contributed by atoms with Crippen LogP contribution in [0.1, 0.15) is 25.7 Å². The molecule has 0 aliphatic heterocycles. The van der Waals surface area contributed by atoms with Crippen molar-refractivity contribution in [3.05, 3.63) is 30.6 Å². The minimum absolute atomic E-state index is 0.163. The van der Waals surface area contributed by atoms with Crippen molar-refractivity contribution in [2.24, 2.45) is 17.8 Å². The van der Waals surface area contributed by atoms with E-state index in [1.165, 1.54) is 25.6 Å². The molecule has 108 valence electrons. The molecule has 2 aliphatic rings. The molecule has 21 heavy (non-hydrogen) atoms. The van der Waals surface area contributed by atoms with Gasteiger partial charge in [0.05, 0.1) is 5.69 Å². The average Bonchev–Trinajstić information content (AvgIpc) is 3.24. The maximum absolute atomic E-state index is 12.4. The third kappa shape index (κ3) is 2.30. The van der Waals surface area contributed by atoms with Gasteiger partial charge in [-0.1, -0.05) is 12.5 Å². The van der Waals surface area contributed by atoms with Gasteiger partial charge in [-0.25, -0.2) is 4.68 Å². The van der Waals surface area contributed by atoms with Crippen molar-refractivity contribution in [1.82, 2.24) is 20.2 Å². The van der Waals surface area contributed by atoms with Gasteiger partial charge >= 0.3 is 0 Å². The van der Waals surface area contributed by atoms with E-state index >= 15 is 0 Å². The molecule has 2 fully saturated rings. The molecule has 2 bridgehead atoms. The molecule has 1 amide bonds. The van der Waals surface area contributed by atoms with E-state index in [0.717, 1.165) is 23.7 Å². The van der Waals surface area contributed by atoms with Crippen LogP contribution in [0.5, 0.6) is 0 Å². The van der Waals surface area contributed by atoms with Gasteiger partial charge in [-0.15, -0.1) is 5.10 Å². The second kappa shape index (κ2) is 4.95. The second-order valence-electron chi connectivity index (χ2n) is 6.08. The number of carbonyl (C=O) groups excluding carboxylic acids is 1. The molecular weight excluding hydrogens is 266 g/mol. The van der Waals surface area contributed by atoms with Crippen LogP contribution in [0, 0.1) is 17.8 Å². The third-order valence-electron chi connectivity index (χ3n) is 4.80. The fraction of sp³-hybridized carbons (Fsp3) is 0.467. The van der Waals surface area contributed by atoms with Gasteiger partial charge in [0.2, 0.25) is 5.91 Å². The summed E-state index contributed by atoms with van der Waals surface area (Å²) < 4.78 is 1.58. The topological polar surface area (TPSA) is 72.7 Å². The molecule has 2 aromatic rings. The number of hydrogen-bond acceptors (Lipinski definition) is 4. The quantitative estimate of drug-likeness (QED) is 0.935. The fourth-order valence-electron chi connectivity index (χ4n) is 3.81. The summed E-state index contributed by atoms with van der Waals surface area (Å²) in [5.41, 5.74) is 1.64. The maximum atomic E-state index is 12.4. The Bertz CT molecular complexity index is 654. The Hall–Kier alpha value is -2.24. The molecular formula is C15H17N5O. The van der Waals surface area contributed by atoms with Crippen molar-refractivity contribution in [2.45, 2.75) is 25.7 Å². The lowest BCUT2D eigenvalue weighted by atomic mass is 9.88. The summed E-state index contributed by atoms with van der Waals surface area (Å²) in [7, 11) is 0. The van der Waals surface area contributed by atoms with E-state index in [1.54, 1.807) is 4.68 Å². The van der Waals surface area contributed by atoms with E-state index in [2.05, 4.69) is 20.8 Å². The van der Waals surface area contributed by atoms with Gasteiger partial charge in [0, 0.05) is 11.6 Å². The molecule has 4 rings (SSSR count). The lowest BCUT2D eigenvalue weighted by molar-refractivity contribution is -0.121. The van der Waals surface area contributed by atoms with Crippen LogP contribution in [0.3, 0.4) is 0 Å². The standard InChI is InChI=1S/C15H17N5O/c21-15(14-7-10-4-5-11(14)6-10)17-12-2-1-3-13(8-12)20-9-16-18-19-20/h1-3,8-11,14H,4-7H2,(H,17,21). The molecule has 1 heterocycles. The smallest absolute Gasteiger partial charge is 0.227 e. The van der Waals surface area contributed by atoms with Gasteiger partial charge in [-0.3, -0.25) is 4.79 Å². The molecule has 2 saturated carbocycles. The Balaban J connectivity index is 1.50. The first-order chi connectivity index (χ1) is 10.3. The van der Waals surface area contributed by atoms with Crippen molar-refractivity contribution in [2.75, 3.05) is 5.32 Å². The number of nitrogens with zero attached hydrogens (tertiary/aromatic N) is 4. The zero-order valence-corrected chi connectivity index (χ0v) is 11.6. The number of tetrazole rings is 1. The molecule has 0 saturated heterocycles. The first kappa shape index (κ1) is 12.5. The summed E-state index contributed by atoms with van der Waals surface area (Å²) >= 11 is 0. The largest absolute Gasteiger partial charge is 0.326 e. The van der Waals surface area contributed by atoms with Crippen LogP contribution in [0.25, 0.3) is 5.69 Å². The normalized spacial score (nSPS) is 27.0. The highest BCUT2D eigenvalue weighted by atomic mass is 16.1. The highest BCUT2D eigenvalue weighted by Gasteiger charge is 2.42. The lowest BCUT2D eigenvalue weighted by Gasteiger charge is -2.20. The van der Waals surface area contributed by atoms with Gasteiger partial charge in [-0.05, 0) is 59.7 Å². The Morgan fingerprint density at radius 3 is 2.95 bits per heavy atom. The first-order valence-corrected chi connectivity index (χ1v) is 7.44. The van der Waals surface area contributed by atoms with E-state index in [-0.39, 0.29) is 11.8 Å². The molecule has 1 aromatic carbocycles. The molecule has 3 atom stereocenters. The third-order valence-corrected chi connectivity index (χ3v) is 4.80. The fourth-order valence-corrected chi connectivity index (χ4v) is 3.81. The maximum Gasteiger partial charge on any atom is 0.227 e. The van der Waals surface area contributed by atoms with Gasteiger partial charge < -0.3 is 5.32 Å². The van der Waals surface area contributed by atoms with Crippen molar-refractivity contribution < 1.29 is 4.79 Å². The summed E-state index contributed by atoms with van der Waals surface area (Å²) in [6.45, 7) is 0. The van der Waals surface area contributed by atoms with E-state index < -0.39 is 0 Å². The summed E-state index contributed by atoms with van der Waals surface area (Å²) in [5, 5.41) is 14.2. The highest BCUT2D eigenvalue weighted by Crippen LogP contribution is 2.48. The van der Waals surface area contributed by atoms with Gasteiger partial charge in [-0.2, -0.15) is 0 Å². The van der Waals surface area contributed by atoms with Crippen LogP contribution in [0.4, 0.5) is 5.69 Å². The molecule has 6 heteroatoms. The average molecular weight is 283 g/mol. The van der Waals surface area contributed by atoms with Crippen LogP contribution >= 0.6 is 0 Å². The van der Waals surface area contributed by atoms with Crippen LogP contribution in [-0.2, 0) is 4.79 Å². The molecule has 1 aromatic heterocycles. The van der Waals surface area contributed by atoms with Crippen molar-refractivity contribution in [3.63, 3.8) is 0 Å². The molecule has 3 unspecified atom stereocenters. The number of anilines is 1. The number of aromatic nitrogens is 4. The molecule has 1 N–H and O–H groups in total. The van der Waals surface area contributed by atoms with Crippen molar-refractivity contribution in [1.29, 1.82) is 0 Å². The number of hydrogen-bond donors (Lipinski definition) is 1. The van der Waals surface area contributed by atoms with E-state index in [0.29, 0.717) is 5.92 Å². The summed E-state index contributed by atoms with van der Waals surface area (Å²) in [5.74, 6) is 1.73. The molecule has 2 aliphatic carbocycles. The Labute approximate surface area is 122 Å². The monoisotopic (exact) mass is 283 g/mol. The number of rotatable bonds is 3. The highest BCUT2D eigenvalue weighted by molar-refractivity contribution is 5.93. The molecule has 6 nitrogen and oxygen atoms in total. The van der Waals surface area contributed by atoms with E-state index in [4.69, 9.17) is 0 Å². The predicted molar refractivity (Wildman–Crippen MR) is 76.7 cm³/mol. The Morgan fingerprint density at radius 1 is 1.29 bits per heavy atom. The second-order valence-corrected chi connectivity index (χ2v) is 6.08.